The maximum atomic E-state index is 5.35. The summed E-state index contributed by atoms with van der Waals surface area (Å²) >= 11 is 0. The van der Waals surface area contributed by atoms with Gasteiger partial charge >= 0.3 is 0 Å². The fourth-order valence-electron chi connectivity index (χ4n) is 0.934. The Morgan fingerprint density at radius 3 is 2.75 bits per heavy atom. The standard InChI is InChI=1S/C11H20O/c1-3-5-7-9-11-12-10-8-6-4-2/h4,6,8H,2-3,5,7,9-11H2,1H3/b8-6+. The van der Waals surface area contributed by atoms with Crippen molar-refractivity contribution in [2.75, 3.05) is 13.2 Å². The Morgan fingerprint density at radius 1 is 1.25 bits per heavy atom. The molecule has 0 heterocycles. The highest BCUT2D eigenvalue weighted by Crippen LogP contribution is 1.98. The maximum absolute atomic E-state index is 5.35. The molecule has 0 N–H and O–H groups in total. The summed E-state index contributed by atoms with van der Waals surface area (Å²) in [6.07, 6.45) is 10.7. The molecule has 1 nitrogen and oxygen atoms in total. The van der Waals surface area contributed by atoms with Crippen LogP contribution in [0, 0.1) is 0 Å². The van der Waals surface area contributed by atoms with E-state index in [1.54, 1.807) is 6.08 Å². The summed E-state index contributed by atoms with van der Waals surface area (Å²) in [5, 5.41) is 0. The molecule has 0 aliphatic heterocycles. The maximum Gasteiger partial charge on any atom is 0.0650 e. The molecule has 0 saturated carbocycles. The molecule has 0 fully saturated rings. The lowest BCUT2D eigenvalue weighted by molar-refractivity contribution is 0.157. The molecule has 0 aliphatic rings. The Labute approximate surface area is 76.1 Å². The Morgan fingerprint density at radius 2 is 2.08 bits per heavy atom. The van der Waals surface area contributed by atoms with Crippen molar-refractivity contribution in [2.45, 2.75) is 32.6 Å². The summed E-state index contributed by atoms with van der Waals surface area (Å²) in [5.41, 5.74) is 0. The van der Waals surface area contributed by atoms with E-state index in [0.29, 0.717) is 0 Å². The van der Waals surface area contributed by atoms with Gasteiger partial charge in [0, 0.05) is 6.61 Å². The van der Waals surface area contributed by atoms with Crippen LogP contribution in [0.5, 0.6) is 0 Å². The minimum atomic E-state index is 0.720. The minimum Gasteiger partial charge on any atom is -0.377 e. The molecule has 70 valence electrons. The lowest BCUT2D eigenvalue weighted by atomic mass is 10.2. The highest BCUT2D eigenvalue weighted by Gasteiger charge is 1.86. The third-order valence-corrected chi connectivity index (χ3v) is 1.63. The smallest absolute Gasteiger partial charge is 0.0650 e. The van der Waals surface area contributed by atoms with Gasteiger partial charge in [0.2, 0.25) is 0 Å². The van der Waals surface area contributed by atoms with Crippen LogP contribution in [0.25, 0.3) is 0 Å². The van der Waals surface area contributed by atoms with Crippen molar-refractivity contribution in [3.05, 3.63) is 24.8 Å². The summed E-state index contributed by atoms with van der Waals surface area (Å²) < 4.78 is 5.35. The topological polar surface area (TPSA) is 9.23 Å². The van der Waals surface area contributed by atoms with E-state index in [2.05, 4.69) is 13.5 Å². The molecule has 0 aromatic heterocycles. The third kappa shape index (κ3) is 9.44. The van der Waals surface area contributed by atoms with Crippen molar-refractivity contribution in [1.82, 2.24) is 0 Å². The van der Waals surface area contributed by atoms with Gasteiger partial charge in [0.1, 0.15) is 0 Å². The molecule has 0 bridgehead atoms. The second-order valence-electron chi connectivity index (χ2n) is 2.80. The van der Waals surface area contributed by atoms with Crippen LogP contribution in [-0.2, 0) is 4.74 Å². The number of ether oxygens (including phenoxy) is 1. The second kappa shape index (κ2) is 10.4. The van der Waals surface area contributed by atoms with E-state index in [-0.39, 0.29) is 0 Å². The molecule has 0 radical (unpaired) electrons. The van der Waals surface area contributed by atoms with Gasteiger partial charge in [-0.2, -0.15) is 0 Å². The van der Waals surface area contributed by atoms with E-state index < -0.39 is 0 Å². The number of rotatable bonds is 8. The van der Waals surface area contributed by atoms with Crippen LogP contribution in [-0.4, -0.2) is 13.2 Å². The molecular formula is C11H20O. The van der Waals surface area contributed by atoms with Crippen LogP contribution in [0.4, 0.5) is 0 Å². The van der Waals surface area contributed by atoms with E-state index in [0.717, 1.165) is 13.2 Å². The predicted octanol–water partition coefficient (Wildman–Crippen LogP) is 3.33. The van der Waals surface area contributed by atoms with Gasteiger partial charge in [-0.05, 0) is 6.42 Å². The van der Waals surface area contributed by atoms with Crippen molar-refractivity contribution in [1.29, 1.82) is 0 Å². The predicted molar refractivity (Wildman–Crippen MR) is 54.3 cm³/mol. The molecule has 0 atom stereocenters. The molecule has 12 heavy (non-hydrogen) atoms. The Hall–Kier alpha value is -0.560. The van der Waals surface area contributed by atoms with Crippen LogP contribution in [0.3, 0.4) is 0 Å². The van der Waals surface area contributed by atoms with Gasteiger partial charge in [-0.1, -0.05) is 51.0 Å². The van der Waals surface area contributed by atoms with Crippen LogP contribution < -0.4 is 0 Å². The molecular weight excluding hydrogens is 148 g/mol. The number of allylic oxidation sites excluding steroid dienone is 2. The van der Waals surface area contributed by atoms with Crippen LogP contribution in [0.1, 0.15) is 32.6 Å². The summed E-state index contributed by atoms with van der Waals surface area (Å²) in [6.45, 7) is 7.40. The lowest BCUT2D eigenvalue weighted by Crippen LogP contribution is -1.93. The van der Waals surface area contributed by atoms with Crippen LogP contribution in [0.2, 0.25) is 0 Å². The molecule has 0 aliphatic carbocycles. The average molecular weight is 168 g/mol. The average Bonchev–Trinajstić information content (AvgIpc) is 2.10. The summed E-state index contributed by atoms with van der Waals surface area (Å²) in [5.74, 6) is 0. The fraction of sp³-hybridized carbons (Fsp3) is 0.636. The molecule has 0 amide bonds. The first kappa shape index (κ1) is 11.4. The number of unbranched alkanes of at least 4 members (excludes halogenated alkanes) is 3. The van der Waals surface area contributed by atoms with Crippen molar-refractivity contribution in [3.8, 4) is 0 Å². The first-order chi connectivity index (χ1) is 5.91. The SMILES string of the molecule is C=C/C=C/COCCCCCC. The Bertz CT molecular complexity index is 116. The lowest BCUT2D eigenvalue weighted by Gasteiger charge is -1.99. The van der Waals surface area contributed by atoms with E-state index in [9.17, 15) is 0 Å². The van der Waals surface area contributed by atoms with Gasteiger partial charge in [0.25, 0.3) is 0 Å². The molecule has 0 aromatic rings. The molecule has 0 saturated heterocycles. The van der Waals surface area contributed by atoms with E-state index >= 15 is 0 Å². The van der Waals surface area contributed by atoms with E-state index in [1.807, 2.05) is 12.2 Å². The van der Waals surface area contributed by atoms with Crippen LogP contribution >= 0.6 is 0 Å². The van der Waals surface area contributed by atoms with Gasteiger partial charge in [0.15, 0.2) is 0 Å². The first-order valence-electron chi connectivity index (χ1n) is 4.77. The van der Waals surface area contributed by atoms with Crippen molar-refractivity contribution in [2.24, 2.45) is 0 Å². The Balaban J connectivity index is 2.90. The van der Waals surface area contributed by atoms with Gasteiger partial charge in [-0.25, -0.2) is 0 Å². The first-order valence-corrected chi connectivity index (χ1v) is 4.77. The summed E-state index contributed by atoms with van der Waals surface area (Å²) in [6, 6.07) is 0. The zero-order chi connectivity index (χ0) is 9.07. The quantitative estimate of drug-likeness (QED) is 0.399. The monoisotopic (exact) mass is 168 g/mol. The van der Waals surface area contributed by atoms with Crippen molar-refractivity contribution in [3.63, 3.8) is 0 Å². The van der Waals surface area contributed by atoms with Gasteiger partial charge in [-0.15, -0.1) is 0 Å². The summed E-state index contributed by atoms with van der Waals surface area (Å²) in [7, 11) is 0. The van der Waals surface area contributed by atoms with Crippen LogP contribution in [0.15, 0.2) is 24.8 Å². The largest absolute Gasteiger partial charge is 0.377 e. The molecule has 0 aromatic carbocycles. The Kier molecular flexibility index (Phi) is 9.95. The summed E-state index contributed by atoms with van der Waals surface area (Å²) in [4.78, 5) is 0. The molecule has 0 rings (SSSR count). The molecule has 1 heteroatoms. The zero-order valence-electron chi connectivity index (χ0n) is 8.09. The number of hydrogen-bond acceptors (Lipinski definition) is 1. The van der Waals surface area contributed by atoms with Crippen molar-refractivity contribution < 1.29 is 4.74 Å². The minimum absolute atomic E-state index is 0.720. The normalized spacial score (nSPS) is 10.8. The van der Waals surface area contributed by atoms with E-state index in [1.165, 1.54) is 25.7 Å². The third-order valence-electron chi connectivity index (χ3n) is 1.63. The highest BCUT2D eigenvalue weighted by atomic mass is 16.5. The highest BCUT2D eigenvalue weighted by molar-refractivity contribution is 4.96. The molecule has 0 unspecified atom stereocenters. The fourth-order valence-corrected chi connectivity index (χ4v) is 0.934. The number of hydrogen-bond donors (Lipinski definition) is 0. The molecule has 0 spiro atoms. The van der Waals surface area contributed by atoms with Crippen molar-refractivity contribution >= 4 is 0 Å². The van der Waals surface area contributed by atoms with E-state index in [4.69, 9.17) is 4.74 Å². The zero-order valence-corrected chi connectivity index (χ0v) is 8.09. The van der Waals surface area contributed by atoms with Gasteiger partial charge in [-0.3, -0.25) is 0 Å². The van der Waals surface area contributed by atoms with Gasteiger partial charge in [0.05, 0.1) is 6.61 Å². The second-order valence-corrected chi connectivity index (χ2v) is 2.80. The van der Waals surface area contributed by atoms with Gasteiger partial charge < -0.3 is 4.74 Å².